The van der Waals surface area contributed by atoms with Crippen LogP contribution in [0.15, 0.2) is 59.9 Å². The van der Waals surface area contributed by atoms with E-state index in [9.17, 15) is 4.79 Å². The van der Waals surface area contributed by atoms with E-state index in [1.807, 2.05) is 6.07 Å². The third-order valence-corrected chi connectivity index (χ3v) is 5.08. The van der Waals surface area contributed by atoms with Crippen LogP contribution in [-0.2, 0) is 9.53 Å². The highest BCUT2D eigenvalue weighted by Crippen LogP contribution is 2.46. The zero-order chi connectivity index (χ0) is 16.0. The lowest BCUT2D eigenvalue weighted by Crippen LogP contribution is -2.35. The Balaban J connectivity index is 1.74. The van der Waals surface area contributed by atoms with Gasteiger partial charge in [-0.05, 0) is 23.0 Å². The Morgan fingerprint density at radius 1 is 1.13 bits per heavy atom. The van der Waals surface area contributed by atoms with Crippen LogP contribution in [0.4, 0.5) is 0 Å². The summed E-state index contributed by atoms with van der Waals surface area (Å²) in [7, 11) is 0. The van der Waals surface area contributed by atoms with Crippen molar-refractivity contribution in [1.82, 2.24) is 0 Å². The maximum absolute atomic E-state index is 12.6. The average Bonchev–Trinajstić information content (AvgIpc) is 2.66. The Hall–Kier alpha value is -2.09. The Labute approximate surface area is 137 Å². The fraction of sp³-hybridized carbons (Fsp3) is 0.381. The van der Waals surface area contributed by atoms with Crippen molar-refractivity contribution in [1.29, 1.82) is 0 Å². The summed E-state index contributed by atoms with van der Waals surface area (Å²) in [6, 6.07) is 10.4. The summed E-state index contributed by atoms with van der Waals surface area (Å²) in [5.74, 6) is 1.40. The Bertz CT molecular complexity index is 734. The molecule has 0 radical (unpaired) electrons. The molecular weight excluding hydrogens is 284 g/mol. The fourth-order valence-electron chi connectivity index (χ4n) is 4.04. The number of hydrogen-bond acceptors (Lipinski definition) is 2. The SMILES string of the molecule is CC1(C)CC(=O)C2=C(C1)O[C@H]1C[C@@H]2C=CC=C1c1ccccc1. The van der Waals surface area contributed by atoms with Gasteiger partial charge in [0.05, 0.1) is 0 Å². The highest BCUT2D eigenvalue weighted by atomic mass is 16.5. The molecule has 0 saturated carbocycles. The molecule has 0 N–H and O–H groups in total. The largest absolute Gasteiger partial charge is 0.490 e. The Kier molecular flexibility index (Phi) is 3.29. The molecule has 2 heteroatoms. The van der Waals surface area contributed by atoms with E-state index in [1.165, 1.54) is 11.1 Å². The minimum Gasteiger partial charge on any atom is -0.490 e. The van der Waals surface area contributed by atoms with Gasteiger partial charge in [0.25, 0.3) is 0 Å². The molecule has 2 atom stereocenters. The number of ketones is 1. The minimum atomic E-state index is -0.00322. The lowest BCUT2D eigenvalue weighted by molar-refractivity contribution is -0.120. The highest BCUT2D eigenvalue weighted by molar-refractivity contribution is 5.98. The molecule has 2 nitrogen and oxygen atoms in total. The number of allylic oxidation sites excluding steroid dienone is 5. The van der Waals surface area contributed by atoms with Crippen molar-refractivity contribution in [3.8, 4) is 0 Å². The lowest BCUT2D eigenvalue weighted by Gasteiger charge is -2.40. The van der Waals surface area contributed by atoms with Crippen LogP contribution in [0.25, 0.3) is 5.57 Å². The van der Waals surface area contributed by atoms with E-state index >= 15 is 0 Å². The van der Waals surface area contributed by atoms with Crippen molar-refractivity contribution in [2.24, 2.45) is 11.3 Å². The number of fused-ring (bicyclic) bond motifs is 3. The fourth-order valence-corrected chi connectivity index (χ4v) is 4.04. The predicted molar refractivity (Wildman–Crippen MR) is 91.6 cm³/mol. The second-order valence-corrected chi connectivity index (χ2v) is 7.60. The smallest absolute Gasteiger partial charge is 0.163 e. The summed E-state index contributed by atoms with van der Waals surface area (Å²) >= 11 is 0. The number of carbonyl (C=O) groups excluding carboxylic acids is 1. The first-order chi connectivity index (χ1) is 11.0. The van der Waals surface area contributed by atoms with Gasteiger partial charge in [-0.2, -0.15) is 0 Å². The molecule has 0 spiro atoms. The maximum Gasteiger partial charge on any atom is 0.163 e. The monoisotopic (exact) mass is 306 g/mol. The van der Waals surface area contributed by atoms with Crippen LogP contribution < -0.4 is 0 Å². The van der Waals surface area contributed by atoms with Gasteiger partial charge < -0.3 is 4.74 Å². The molecule has 3 aliphatic rings. The molecular formula is C21H22O2. The van der Waals surface area contributed by atoms with E-state index in [0.29, 0.717) is 6.42 Å². The molecule has 1 heterocycles. The summed E-state index contributed by atoms with van der Waals surface area (Å²) in [5, 5.41) is 0. The van der Waals surface area contributed by atoms with E-state index in [1.54, 1.807) is 0 Å². The topological polar surface area (TPSA) is 26.3 Å². The van der Waals surface area contributed by atoms with Gasteiger partial charge in [-0.25, -0.2) is 0 Å². The predicted octanol–water partition coefficient (Wildman–Crippen LogP) is 4.69. The molecule has 0 fully saturated rings. The first-order valence-corrected chi connectivity index (χ1v) is 8.40. The van der Waals surface area contributed by atoms with Crippen molar-refractivity contribution in [2.45, 2.75) is 39.2 Å². The summed E-state index contributed by atoms with van der Waals surface area (Å²) < 4.78 is 6.36. The van der Waals surface area contributed by atoms with E-state index in [2.05, 4.69) is 56.3 Å². The number of carbonyl (C=O) groups is 1. The molecule has 1 aliphatic heterocycles. The van der Waals surface area contributed by atoms with E-state index in [0.717, 1.165) is 24.2 Å². The number of Topliss-reactive ketones (excluding diaryl/α,β-unsaturated/α-hetero) is 1. The molecule has 4 rings (SSSR count). The van der Waals surface area contributed by atoms with Gasteiger partial charge in [-0.3, -0.25) is 4.79 Å². The molecule has 0 aromatic heterocycles. The van der Waals surface area contributed by atoms with E-state index in [4.69, 9.17) is 4.74 Å². The standard InChI is InChI=1S/C21H22O2/c1-21(2)12-17(22)20-15-9-6-10-16(14-7-4-3-5-8-14)18(11-15)23-19(20)13-21/h3-10,15,18H,11-13H2,1-2H3/t15-,18-/m0/s1. The van der Waals surface area contributed by atoms with Crippen LogP contribution in [-0.4, -0.2) is 11.9 Å². The number of ether oxygens (including phenoxy) is 1. The van der Waals surface area contributed by atoms with Gasteiger partial charge >= 0.3 is 0 Å². The first-order valence-electron chi connectivity index (χ1n) is 8.40. The van der Waals surface area contributed by atoms with E-state index in [-0.39, 0.29) is 23.2 Å². The molecule has 0 amide bonds. The molecule has 0 saturated heterocycles. The van der Waals surface area contributed by atoms with Gasteiger partial charge in [0.1, 0.15) is 11.9 Å². The van der Waals surface area contributed by atoms with Crippen LogP contribution in [0.3, 0.4) is 0 Å². The van der Waals surface area contributed by atoms with Gasteiger partial charge in [0.15, 0.2) is 5.78 Å². The normalized spacial score (nSPS) is 28.6. The molecule has 0 unspecified atom stereocenters. The second kappa shape index (κ2) is 5.23. The van der Waals surface area contributed by atoms with Crippen molar-refractivity contribution in [3.63, 3.8) is 0 Å². The van der Waals surface area contributed by atoms with Gasteiger partial charge in [-0.15, -0.1) is 0 Å². The third-order valence-electron chi connectivity index (χ3n) is 5.08. The highest BCUT2D eigenvalue weighted by Gasteiger charge is 2.42. The minimum absolute atomic E-state index is 0.00322. The molecule has 1 aromatic rings. The van der Waals surface area contributed by atoms with Crippen molar-refractivity contribution in [3.05, 3.63) is 65.5 Å². The van der Waals surface area contributed by atoms with Crippen LogP contribution in [0.5, 0.6) is 0 Å². The molecule has 2 aliphatic carbocycles. The maximum atomic E-state index is 12.6. The molecule has 1 aromatic carbocycles. The number of rotatable bonds is 1. The zero-order valence-corrected chi connectivity index (χ0v) is 13.7. The number of hydrogen-bond donors (Lipinski definition) is 0. The van der Waals surface area contributed by atoms with Gasteiger partial charge in [-0.1, -0.05) is 62.4 Å². The molecule has 23 heavy (non-hydrogen) atoms. The molecule has 2 bridgehead atoms. The van der Waals surface area contributed by atoms with Crippen molar-refractivity contribution in [2.75, 3.05) is 0 Å². The van der Waals surface area contributed by atoms with Crippen LogP contribution >= 0.6 is 0 Å². The summed E-state index contributed by atoms with van der Waals surface area (Å²) in [4.78, 5) is 12.6. The number of benzene rings is 1. The Morgan fingerprint density at radius 2 is 1.91 bits per heavy atom. The summed E-state index contributed by atoms with van der Waals surface area (Å²) in [6.07, 6.45) is 8.81. The van der Waals surface area contributed by atoms with Crippen molar-refractivity contribution < 1.29 is 9.53 Å². The van der Waals surface area contributed by atoms with Gasteiger partial charge in [0.2, 0.25) is 0 Å². The van der Waals surface area contributed by atoms with Crippen LogP contribution in [0.2, 0.25) is 0 Å². The van der Waals surface area contributed by atoms with Crippen LogP contribution in [0.1, 0.15) is 38.7 Å². The summed E-state index contributed by atoms with van der Waals surface area (Å²) in [6.45, 7) is 4.31. The second-order valence-electron chi connectivity index (χ2n) is 7.60. The quantitative estimate of drug-likeness (QED) is 0.752. The molecule has 118 valence electrons. The third kappa shape index (κ3) is 2.56. The average molecular weight is 306 g/mol. The first kappa shape index (κ1) is 14.5. The van der Waals surface area contributed by atoms with Crippen molar-refractivity contribution >= 4 is 11.4 Å². The lowest BCUT2D eigenvalue weighted by atomic mass is 9.71. The van der Waals surface area contributed by atoms with Crippen LogP contribution in [0, 0.1) is 11.3 Å². The van der Waals surface area contributed by atoms with E-state index < -0.39 is 0 Å². The summed E-state index contributed by atoms with van der Waals surface area (Å²) in [5.41, 5.74) is 3.34. The Morgan fingerprint density at radius 3 is 2.70 bits per heavy atom. The zero-order valence-electron chi connectivity index (χ0n) is 13.7. The van der Waals surface area contributed by atoms with Gasteiger partial charge in [0, 0.05) is 24.3 Å².